The second-order valence-corrected chi connectivity index (χ2v) is 7.72. The summed E-state index contributed by atoms with van der Waals surface area (Å²) in [5.41, 5.74) is 3.45. The fourth-order valence-electron chi connectivity index (χ4n) is 4.02. The summed E-state index contributed by atoms with van der Waals surface area (Å²) >= 11 is 0. The smallest absolute Gasteiger partial charge is 0.247 e. The van der Waals surface area contributed by atoms with Crippen molar-refractivity contribution in [3.05, 3.63) is 36.0 Å². The molecule has 1 aromatic carbocycles. The van der Waals surface area contributed by atoms with Crippen molar-refractivity contribution in [2.75, 3.05) is 22.6 Å². The number of carbonyl (C=O) groups excluding carboxylic acids is 1. The van der Waals surface area contributed by atoms with Gasteiger partial charge in [0.25, 0.3) is 0 Å². The third-order valence-corrected chi connectivity index (χ3v) is 5.70. The highest BCUT2D eigenvalue weighted by Crippen LogP contribution is 2.31. The standard InChI is InChI=1S/C20H23N7O2/c1-26-16-11-14(3-2-12(16)10-18(26)29)22-19-24-17-8-9-21-20(27(17)25-19)23-13-4-6-15(28)7-5-13/h2-3,8-9,11,13,15,28H,4-7,10H2,1H3,(H,21,23)(H,22,25). The fraction of sp³-hybridized carbons (Fsp3) is 0.400. The number of nitrogens with zero attached hydrogens (tertiary/aromatic N) is 5. The van der Waals surface area contributed by atoms with Crippen LogP contribution in [0.1, 0.15) is 31.2 Å². The Morgan fingerprint density at radius 3 is 2.83 bits per heavy atom. The minimum absolute atomic E-state index is 0.0972. The maximum absolute atomic E-state index is 11.9. The van der Waals surface area contributed by atoms with Crippen LogP contribution in [0.5, 0.6) is 0 Å². The zero-order valence-electron chi connectivity index (χ0n) is 16.2. The number of amides is 1. The van der Waals surface area contributed by atoms with Crippen LogP contribution in [0, 0.1) is 0 Å². The van der Waals surface area contributed by atoms with E-state index >= 15 is 0 Å². The van der Waals surface area contributed by atoms with Crippen molar-refractivity contribution >= 4 is 34.8 Å². The van der Waals surface area contributed by atoms with E-state index in [0.717, 1.165) is 42.6 Å². The summed E-state index contributed by atoms with van der Waals surface area (Å²) in [6.45, 7) is 0. The first-order valence-corrected chi connectivity index (χ1v) is 9.90. The van der Waals surface area contributed by atoms with Gasteiger partial charge in [-0.1, -0.05) is 6.07 Å². The lowest BCUT2D eigenvalue weighted by Crippen LogP contribution is -2.29. The van der Waals surface area contributed by atoms with Gasteiger partial charge < -0.3 is 20.6 Å². The van der Waals surface area contributed by atoms with Gasteiger partial charge in [0, 0.05) is 36.7 Å². The molecule has 0 bridgehead atoms. The maximum Gasteiger partial charge on any atom is 0.247 e. The van der Waals surface area contributed by atoms with Gasteiger partial charge in [-0.3, -0.25) is 4.79 Å². The molecule has 29 heavy (non-hydrogen) atoms. The van der Waals surface area contributed by atoms with E-state index < -0.39 is 0 Å². The third kappa shape index (κ3) is 3.38. The van der Waals surface area contributed by atoms with Crippen LogP contribution in [0.25, 0.3) is 5.65 Å². The van der Waals surface area contributed by atoms with Gasteiger partial charge in [-0.15, -0.1) is 5.10 Å². The Morgan fingerprint density at radius 2 is 2.00 bits per heavy atom. The number of hydrogen-bond donors (Lipinski definition) is 3. The molecule has 3 aromatic rings. The van der Waals surface area contributed by atoms with Crippen LogP contribution in [0.2, 0.25) is 0 Å². The molecule has 5 rings (SSSR count). The molecular formula is C20H23N7O2. The van der Waals surface area contributed by atoms with Crippen LogP contribution in [-0.2, 0) is 11.2 Å². The molecule has 0 radical (unpaired) electrons. The molecule has 9 nitrogen and oxygen atoms in total. The van der Waals surface area contributed by atoms with Gasteiger partial charge in [-0.05, 0) is 43.4 Å². The van der Waals surface area contributed by atoms with Gasteiger partial charge in [-0.2, -0.15) is 9.50 Å². The zero-order valence-corrected chi connectivity index (χ0v) is 16.2. The summed E-state index contributed by atoms with van der Waals surface area (Å²) in [6.07, 6.45) is 5.36. The Hall–Kier alpha value is -3.20. The van der Waals surface area contributed by atoms with Crippen molar-refractivity contribution in [3.8, 4) is 0 Å². The molecule has 1 saturated carbocycles. The zero-order chi connectivity index (χ0) is 20.0. The van der Waals surface area contributed by atoms with Crippen LogP contribution in [-0.4, -0.2) is 49.8 Å². The van der Waals surface area contributed by atoms with Crippen molar-refractivity contribution in [1.82, 2.24) is 19.6 Å². The number of likely N-dealkylation sites (N-methyl/N-ethyl adjacent to an activating group) is 1. The largest absolute Gasteiger partial charge is 0.393 e. The maximum atomic E-state index is 11.9. The minimum atomic E-state index is -0.194. The van der Waals surface area contributed by atoms with E-state index in [9.17, 15) is 9.90 Å². The summed E-state index contributed by atoms with van der Waals surface area (Å²) in [5, 5.41) is 20.9. The summed E-state index contributed by atoms with van der Waals surface area (Å²) < 4.78 is 1.69. The number of anilines is 4. The molecule has 150 valence electrons. The van der Waals surface area contributed by atoms with E-state index in [4.69, 9.17) is 0 Å². The first kappa shape index (κ1) is 17.9. The molecule has 0 atom stereocenters. The second-order valence-electron chi connectivity index (χ2n) is 7.72. The first-order chi connectivity index (χ1) is 14.1. The van der Waals surface area contributed by atoms with Gasteiger partial charge in [0.1, 0.15) is 0 Å². The van der Waals surface area contributed by atoms with Gasteiger partial charge in [0.15, 0.2) is 5.65 Å². The Labute approximate surface area is 167 Å². The van der Waals surface area contributed by atoms with Crippen molar-refractivity contribution < 1.29 is 9.90 Å². The normalized spacial score (nSPS) is 21.4. The number of rotatable bonds is 4. The molecule has 0 saturated heterocycles. The molecule has 1 aliphatic carbocycles. The fourth-order valence-corrected chi connectivity index (χ4v) is 4.02. The summed E-state index contributed by atoms with van der Waals surface area (Å²) in [5.74, 6) is 1.20. The third-order valence-electron chi connectivity index (χ3n) is 5.70. The highest BCUT2D eigenvalue weighted by Gasteiger charge is 2.24. The molecule has 2 aliphatic rings. The number of carbonyl (C=O) groups is 1. The summed E-state index contributed by atoms with van der Waals surface area (Å²) in [4.78, 5) is 22.5. The van der Waals surface area contributed by atoms with Crippen molar-refractivity contribution in [2.24, 2.45) is 0 Å². The average molecular weight is 393 g/mol. The Balaban J connectivity index is 1.38. The van der Waals surface area contributed by atoms with Crippen molar-refractivity contribution in [1.29, 1.82) is 0 Å². The number of nitrogens with one attached hydrogen (secondary N) is 2. The molecule has 9 heteroatoms. The highest BCUT2D eigenvalue weighted by molar-refractivity contribution is 6.01. The number of aliphatic hydroxyl groups excluding tert-OH is 1. The molecule has 3 heterocycles. The molecule has 1 fully saturated rings. The molecule has 3 N–H and O–H groups in total. The molecule has 0 spiro atoms. The van der Waals surface area contributed by atoms with Crippen LogP contribution < -0.4 is 15.5 Å². The van der Waals surface area contributed by atoms with Gasteiger partial charge in [0.05, 0.1) is 12.5 Å². The van der Waals surface area contributed by atoms with Crippen LogP contribution in [0.4, 0.5) is 23.3 Å². The second kappa shape index (κ2) is 7.00. The number of aliphatic hydroxyl groups is 1. The highest BCUT2D eigenvalue weighted by atomic mass is 16.3. The molecule has 0 unspecified atom stereocenters. The average Bonchev–Trinajstić information content (AvgIpc) is 3.25. The predicted octanol–water partition coefficient (Wildman–Crippen LogP) is 2.10. The van der Waals surface area contributed by atoms with Crippen molar-refractivity contribution in [2.45, 2.75) is 44.2 Å². The Bertz CT molecular complexity index is 1070. The quantitative estimate of drug-likeness (QED) is 0.623. The SMILES string of the molecule is CN1C(=O)Cc2ccc(Nc3nc4ccnc(NC5CCC(O)CC5)n4n3)cc21. The van der Waals surface area contributed by atoms with E-state index in [1.54, 1.807) is 22.7 Å². The molecule has 1 aliphatic heterocycles. The lowest BCUT2D eigenvalue weighted by atomic mass is 9.93. The van der Waals surface area contributed by atoms with Gasteiger partial charge >= 0.3 is 0 Å². The monoisotopic (exact) mass is 393 g/mol. The van der Waals surface area contributed by atoms with Crippen LogP contribution in [0.3, 0.4) is 0 Å². The number of hydrogen-bond acceptors (Lipinski definition) is 7. The predicted molar refractivity (Wildman–Crippen MR) is 110 cm³/mol. The molecular weight excluding hydrogens is 370 g/mol. The minimum Gasteiger partial charge on any atom is -0.393 e. The number of benzene rings is 1. The van der Waals surface area contributed by atoms with E-state index in [1.165, 1.54) is 0 Å². The first-order valence-electron chi connectivity index (χ1n) is 9.90. The van der Waals surface area contributed by atoms with Crippen LogP contribution in [0.15, 0.2) is 30.5 Å². The molecule has 2 aromatic heterocycles. The topological polar surface area (TPSA) is 108 Å². The summed E-state index contributed by atoms with van der Waals surface area (Å²) in [6, 6.07) is 7.91. The Kier molecular flexibility index (Phi) is 4.31. The Morgan fingerprint density at radius 1 is 1.17 bits per heavy atom. The van der Waals surface area contributed by atoms with E-state index in [-0.39, 0.29) is 18.1 Å². The number of fused-ring (bicyclic) bond motifs is 2. The van der Waals surface area contributed by atoms with Gasteiger partial charge in [-0.25, -0.2) is 4.98 Å². The van der Waals surface area contributed by atoms with E-state index in [1.807, 2.05) is 24.3 Å². The lowest BCUT2D eigenvalue weighted by molar-refractivity contribution is -0.117. The lowest BCUT2D eigenvalue weighted by Gasteiger charge is -2.26. The number of aromatic nitrogens is 4. The van der Waals surface area contributed by atoms with E-state index in [0.29, 0.717) is 24.0 Å². The van der Waals surface area contributed by atoms with Crippen LogP contribution >= 0.6 is 0 Å². The molecule has 1 amide bonds. The van der Waals surface area contributed by atoms with Gasteiger partial charge in [0.2, 0.25) is 17.8 Å². The summed E-state index contributed by atoms with van der Waals surface area (Å²) in [7, 11) is 1.79. The van der Waals surface area contributed by atoms with Crippen molar-refractivity contribution in [3.63, 3.8) is 0 Å². The van der Waals surface area contributed by atoms with E-state index in [2.05, 4.69) is 25.7 Å².